The lowest BCUT2D eigenvalue weighted by Gasteiger charge is -2.71. The number of rotatable bonds is 10. The molecule has 0 saturated heterocycles. The van der Waals surface area contributed by atoms with E-state index in [-0.39, 0.29) is 16.6 Å². The molecule has 0 spiro atoms. The van der Waals surface area contributed by atoms with Gasteiger partial charge in [0.15, 0.2) is 0 Å². The first-order valence-electron chi connectivity index (χ1n) is 8.69. The molecule has 3 rings (SSSR count). The molecule has 4 heteroatoms. The summed E-state index contributed by atoms with van der Waals surface area (Å²) in [7, 11) is 0. The molecule has 0 N–H and O–H groups in total. The average Bonchev–Trinajstić information content (AvgIpc) is 2.49. The van der Waals surface area contributed by atoms with Crippen molar-refractivity contribution in [3.05, 3.63) is 0 Å². The Bertz CT molecular complexity index is 361. The molecule has 0 aromatic rings. The van der Waals surface area contributed by atoms with E-state index in [0.717, 1.165) is 38.4 Å². The van der Waals surface area contributed by atoms with Crippen LogP contribution in [0.3, 0.4) is 0 Å². The van der Waals surface area contributed by atoms with Gasteiger partial charge in [-0.25, -0.2) is 0 Å². The van der Waals surface area contributed by atoms with Crippen molar-refractivity contribution in [1.82, 2.24) is 0 Å². The maximum Gasteiger partial charge on any atom is 0.102 e. The summed E-state index contributed by atoms with van der Waals surface area (Å²) in [5.74, 6) is 3.19. The highest BCUT2D eigenvalue weighted by Gasteiger charge is 2.72. The molecule has 3 fully saturated rings. The second-order valence-electron chi connectivity index (χ2n) is 7.61. The molecule has 0 aromatic heterocycles. The van der Waals surface area contributed by atoms with E-state index in [2.05, 4.69) is 33.3 Å². The van der Waals surface area contributed by atoms with Crippen LogP contribution in [0.5, 0.6) is 0 Å². The maximum atomic E-state index is 6.58. The zero-order chi connectivity index (χ0) is 16.3. The molecule has 0 radical (unpaired) electrons. The van der Waals surface area contributed by atoms with Crippen LogP contribution in [0.1, 0.15) is 52.9 Å². The Labute approximate surface area is 145 Å². The Kier molecular flexibility index (Phi) is 6.61. The first-order valence-corrected chi connectivity index (χ1v) is 11.5. The van der Waals surface area contributed by atoms with Crippen LogP contribution >= 0.6 is 23.5 Å². The van der Waals surface area contributed by atoms with E-state index in [1.807, 2.05) is 23.5 Å². The van der Waals surface area contributed by atoms with E-state index < -0.39 is 0 Å². The predicted octanol–water partition coefficient (Wildman–Crippen LogP) is 4.86. The predicted molar refractivity (Wildman–Crippen MR) is 100 cm³/mol. The van der Waals surface area contributed by atoms with Crippen molar-refractivity contribution < 1.29 is 9.47 Å². The zero-order valence-corrected chi connectivity index (χ0v) is 16.7. The lowest BCUT2D eigenvalue weighted by Crippen LogP contribution is -2.76. The SMILES string of the molecule is CSCCCOC1(C)CCC2CC1(OCCCSC)C2(C)C. The van der Waals surface area contributed by atoms with Gasteiger partial charge < -0.3 is 9.47 Å². The highest BCUT2D eigenvalue weighted by molar-refractivity contribution is 7.98. The Hall–Kier alpha value is 0.620. The summed E-state index contributed by atoms with van der Waals surface area (Å²) >= 11 is 3.81. The maximum absolute atomic E-state index is 6.58. The Morgan fingerprint density at radius 3 is 2.09 bits per heavy atom. The minimum Gasteiger partial charge on any atom is -0.372 e. The van der Waals surface area contributed by atoms with Crippen molar-refractivity contribution in [2.45, 2.75) is 64.1 Å². The van der Waals surface area contributed by atoms with E-state index in [9.17, 15) is 0 Å². The quantitative estimate of drug-likeness (QED) is 0.525. The molecular weight excluding hydrogens is 312 g/mol. The van der Waals surface area contributed by atoms with Crippen LogP contribution in [0, 0.1) is 11.3 Å². The topological polar surface area (TPSA) is 18.5 Å². The minimum absolute atomic E-state index is 0.0688. The summed E-state index contributed by atoms with van der Waals surface area (Å²) in [5.41, 5.74) is 0.0720. The molecule has 3 aliphatic carbocycles. The van der Waals surface area contributed by atoms with Crippen molar-refractivity contribution in [3.63, 3.8) is 0 Å². The number of hydrogen-bond donors (Lipinski definition) is 0. The lowest BCUT2D eigenvalue weighted by molar-refractivity contribution is -0.343. The summed E-state index contributed by atoms with van der Waals surface area (Å²) in [4.78, 5) is 0. The van der Waals surface area contributed by atoms with Crippen LogP contribution in [0.2, 0.25) is 0 Å². The standard InChI is InChI=1S/C18H34O2S2/c1-16(2)15-8-9-17(3,19-10-6-12-21-4)18(16,14-15)20-11-7-13-22-5/h15H,6-14H2,1-5H3. The fourth-order valence-corrected chi connectivity index (χ4v) is 5.43. The number of hydrogen-bond acceptors (Lipinski definition) is 4. The van der Waals surface area contributed by atoms with Crippen LogP contribution in [0.25, 0.3) is 0 Å². The molecule has 2 nitrogen and oxygen atoms in total. The largest absolute Gasteiger partial charge is 0.372 e. The van der Waals surface area contributed by atoms with Gasteiger partial charge in [0.1, 0.15) is 5.60 Å². The molecule has 0 amide bonds. The fourth-order valence-electron chi connectivity index (χ4n) is 4.61. The Morgan fingerprint density at radius 1 is 0.955 bits per heavy atom. The van der Waals surface area contributed by atoms with Gasteiger partial charge in [0.05, 0.1) is 5.60 Å². The summed E-state index contributed by atoms with van der Waals surface area (Å²) in [6.45, 7) is 8.86. The van der Waals surface area contributed by atoms with Crippen LogP contribution in [-0.4, -0.2) is 48.4 Å². The molecule has 3 aliphatic rings. The van der Waals surface area contributed by atoms with E-state index in [1.165, 1.54) is 24.3 Å². The molecule has 3 saturated carbocycles. The summed E-state index contributed by atoms with van der Waals surface area (Å²) in [6.07, 6.45) is 10.3. The van der Waals surface area contributed by atoms with Crippen molar-refractivity contribution in [3.8, 4) is 0 Å². The van der Waals surface area contributed by atoms with Crippen LogP contribution in [0.15, 0.2) is 0 Å². The van der Waals surface area contributed by atoms with Gasteiger partial charge in [-0.05, 0) is 74.4 Å². The van der Waals surface area contributed by atoms with Gasteiger partial charge in [0.25, 0.3) is 0 Å². The Balaban J connectivity index is 2.02. The molecule has 3 unspecified atom stereocenters. The smallest absolute Gasteiger partial charge is 0.102 e. The van der Waals surface area contributed by atoms with Gasteiger partial charge >= 0.3 is 0 Å². The molecule has 3 atom stereocenters. The summed E-state index contributed by atoms with van der Waals surface area (Å²) in [5, 5.41) is 0. The second kappa shape index (κ2) is 7.67. The van der Waals surface area contributed by atoms with Crippen LogP contribution in [-0.2, 0) is 9.47 Å². The average molecular weight is 347 g/mol. The van der Waals surface area contributed by atoms with E-state index in [0.29, 0.717) is 0 Å². The number of ether oxygens (including phenoxy) is 2. The Morgan fingerprint density at radius 2 is 1.55 bits per heavy atom. The van der Waals surface area contributed by atoms with Gasteiger partial charge in [0.2, 0.25) is 0 Å². The van der Waals surface area contributed by atoms with Gasteiger partial charge in [-0.15, -0.1) is 0 Å². The summed E-state index contributed by atoms with van der Waals surface area (Å²) in [6, 6.07) is 0. The third kappa shape index (κ3) is 3.22. The lowest BCUT2D eigenvalue weighted by atomic mass is 9.41. The van der Waals surface area contributed by atoms with Gasteiger partial charge in [-0.3, -0.25) is 0 Å². The van der Waals surface area contributed by atoms with Crippen molar-refractivity contribution >= 4 is 23.5 Å². The molecule has 0 aliphatic heterocycles. The minimum atomic E-state index is -0.108. The molecular formula is C18H34O2S2. The molecule has 0 heterocycles. The second-order valence-corrected chi connectivity index (χ2v) is 9.58. The van der Waals surface area contributed by atoms with E-state index >= 15 is 0 Å². The van der Waals surface area contributed by atoms with Crippen LogP contribution < -0.4 is 0 Å². The zero-order valence-electron chi connectivity index (χ0n) is 15.1. The normalized spacial score (nSPS) is 36.1. The number of thioether (sulfide) groups is 2. The van der Waals surface area contributed by atoms with Crippen molar-refractivity contribution in [1.29, 1.82) is 0 Å². The molecule has 0 aromatic carbocycles. The van der Waals surface area contributed by atoms with Crippen molar-refractivity contribution in [2.75, 3.05) is 37.2 Å². The van der Waals surface area contributed by atoms with Gasteiger partial charge in [-0.2, -0.15) is 23.5 Å². The van der Waals surface area contributed by atoms with Gasteiger partial charge in [0, 0.05) is 13.2 Å². The van der Waals surface area contributed by atoms with Crippen LogP contribution in [0.4, 0.5) is 0 Å². The molecule has 2 bridgehead atoms. The highest BCUT2D eigenvalue weighted by atomic mass is 32.2. The van der Waals surface area contributed by atoms with E-state index in [4.69, 9.17) is 9.47 Å². The summed E-state index contributed by atoms with van der Waals surface area (Å²) < 4.78 is 13.1. The first-order chi connectivity index (χ1) is 10.4. The third-order valence-electron chi connectivity index (χ3n) is 6.17. The monoisotopic (exact) mass is 346 g/mol. The molecule has 22 heavy (non-hydrogen) atoms. The van der Waals surface area contributed by atoms with E-state index in [1.54, 1.807) is 0 Å². The van der Waals surface area contributed by atoms with Crippen molar-refractivity contribution in [2.24, 2.45) is 11.3 Å². The first kappa shape index (κ1) is 19.0. The fraction of sp³-hybridized carbons (Fsp3) is 1.00. The third-order valence-corrected chi connectivity index (χ3v) is 7.57. The van der Waals surface area contributed by atoms with Gasteiger partial charge in [-0.1, -0.05) is 13.8 Å². The number of fused-ring (bicyclic) bond motifs is 2. The highest BCUT2D eigenvalue weighted by Crippen LogP contribution is 2.68. The molecule has 130 valence electrons.